The molecule has 1 atom stereocenters. The normalized spacial score (nSPS) is 16.2. The Kier molecular flexibility index (Phi) is 8.25. The van der Waals surface area contributed by atoms with Gasteiger partial charge in [0.05, 0.1) is 31.5 Å². The molecule has 44 heavy (non-hydrogen) atoms. The van der Waals surface area contributed by atoms with Crippen LogP contribution in [0.1, 0.15) is 28.6 Å². The summed E-state index contributed by atoms with van der Waals surface area (Å²) in [5.41, 5.74) is 2.60. The van der Waals surface area contributed by atoms with E-state index >= 15 is 0 Å². The number of hydrogen-bond donors (Lipinski definition) is 1. The maximum Gasteiger partial charge on any atom is 0.301 e. The number of halogens is 2. The number of hydrogen-bond acceptors (Lipinski definition) is 10. The lowest BCUT2D eigenvalue weighted by Gasteiger charge is -2.23. The van der Waals surface area contributed by atoms with E-state index in [1.54, 1.807) is 60.0 Å². The lowest BCUT2D eigenvalue weighted by molar-refractivity contribution is -0.132. The number of Topliss-reactive ketones (excluding diaryl/α,β-unsaturated/α-hetero) is 1. The summed E-state index contributed by atoms with van der Waals surface area (Å²) in [6.45, 7) is 1.73. The van der Waals surface area contributed by atoms with Crippen LogP contribution in [0.25, 0.3) is 11.4 Å². The van der Waals surface area contributed by atoms with Gasteiger partial charge in [0.25, 0.3) is 5.78 Å². The topological polar surface area (TPSA) is 119 Å². The van der Waals surface area contributed by atoms with Crippen molar-refractivity contribution in [1.29, 1.82) is 0 Å². The third-order valence-electron chi connectivity index (χ3n) is 7.06. The highest BCUT2D eigenvalue weighted by atomic mass is 35.5. The summed E-state index contributed by atoms with van der Waals surface area (Å²) in [6, 6.07) is 14.6. The van der Waals surface area contributed by atoms with Crippen molar-refractivity contribution in [2.75, 3.05) is 19.1 Å². The van der Waals surface area contributed by atoms with Gasteiger partial charge < -0.3 is 14.6 Å². The van der Waals surface area contributed by atoms with Crippen LogP contribution in [0.3, 0.4) is 0 Å². The van der Waals surface area contributed by atoms with Crippen LogP contribution >= 0.6 is 46.3 Å². The first-order valence-corrected chi connectivity index (χ1v) is 15.6. The molecule has 1 amide bonds. The number of rotatable bonds is 8. The minimum Gasteiger partial charge on any atom is -0.505 e. The Hall–Kier alpha value is -4.10. The number of carbonyl (C=O) groups excluding carboxylic acids is 2. The first-order valence-electron chi connectivity index (χ1n) is 13.1. The number of ether oxygens (including phenoxy) is 2. The van der Waals surface area contributed by atoms with Gasteiger partial charge in [0.1, 0.15) is 11.3 Å². The molecule has 0 aliphatic carbocycles. The van der Waals surface area contributed by atoms with Crippen LogP contribution < -0.4 is 14.4 Å². The third-order valence-corrected chi connectivity index (χ3v) is 9.76. The number of ketones is 1. The molecule has 0 saturated carbocycles. The van der Waals surface area contributed by atoms with Crippen LogP contribution in [0.5, 0.6) is 11.5 Å². The SMILES string of the molecule is COc1ccc(C2C(=C(O)c3c(C)nc4ccccn34)C(=O)C(=O)N2c2nnc(SCc3ccc(Cl)cc3Cl)s2)cc1OC. The Morgan fingerprint density at radius 2 is 1.84 bits per heavy atom. The number of fused-ring (bicyclic) bond motifs is 1. The molecule has 3 aromatic heterocycles. The summed E-state index contributed by atoms with van der Waals surface area (Å²) in [7, 11) is 3.00. The van der Waals surface area contributed by atoms with Gasteiger partial charge in [0.15, 0.2) is 21.6 Å². The van der Waals surface area contributed by atoms with Crippen LogP contribution in [0.2, 0.25) is 10.0 Å². The molecule has 0 spiro atoms. The lowest BCUT2D eigenvalue weighted by Crippen LogP contribution is -2.29. The van der Waals surface area contributed by atoms with Gasteiger partial charge in [0, 0.05) is 22.0 Å². The molecular formula is C30H23Cl2N5O5S2. The lowest BCUT2D eigenvalue weighted by atomic mass is 9.96. The number of pyridine rings is 1. The molecule has 1 saturated heterocycles. The van der Waals surface area contributed by atoms with Gasteiger partial charge in [0.2, 0.25) is 5.13 Å². The first kappa shape index (κ1) is 29.9. The Morgan fingerprint density at radius 3 is 2.59 bits per heavy atom. The molecule has 6 rings (SSSR count). The van der Waals surface area contributed by atoms with Crippen molar-refractivity contribution in [2.45, 2.75) is 23.1 Å². The number of nitrogens with zero attached hydrogens (tertiary/aromatic N) is 5. The number of thioether (sulfide) groups is 1. The van der Waals surface area contributed by atoms with Gasteiger partial charge in [-0.15, -0.1) is 10.2 Å². The van der Waals surface area contributed by atoms with E-state index in [-0.39, 0.29) is 16.5 Å². The summed E-state index contributed by atoms with van der Waals surface area (Å²) in [6.07, 6.45) is 1.73. The summed E-state index contributed by atoms with van der Waals surface area (Å²) in [5, 5.41) is 21.6. The molecule has 1 aliphatic rings. The Bertz CT molecular complexity index is 1970. The fourth-order valence-electron chi connectivity index (χ4n) is 5.03. The van der Waals surface area contributed by atoms with E-state index in [4.69, 9.17) is 32.7 Å². The fraction of sp³-hybridized carbons (Fsp3) is 0.167. The fourth-order valence-corrected chi connectivity index (χ4v) is 7.46. The van der Waals surface area contributed by atoms with Crippen molar-refractivity contribution in [2.24, 2.45) is 0 Å². The molecule has 1 fully saturated rings. The van der Waals surface area contributed by atoms with E-state index in [0.29, 0.717) is 54.2 Å². The smallest absolute Gasteiger partial charge is 0.301 e. The zero-order chi connectivity index (χ0) is 31.1. The number of amides is 1. The highest BCUT2D eigenvalue weighted by molar-refractivity contribution is 8.00. The second-order valence-corrected chi connectivity index (χ2v) is 12.7. The number of carbonyl (C=O) groups is 2. The summed E-state index contributed by atoms with van der Waals surface area (Å²) in [4.78, 5) is 33.2. The zero-order valence-electron chi connectivity index (χ0n) is 23.4. The van der Waals surface area contributed by atoms with Crippen LogP contribution in [0.4, 0.5) is 5.13 Å². The number of benzene rings is 2. The summed E-state index contributed by atoms with van der Waals surface area (Å²) >= 11 is 14.9. The molecule has 224 valence electrons. The van der Waals surface area contributed by atoms with Crippen LogP contribution in [0, 0.1) is 6.92 Å². The molecule has 5 aromatic rings. The number of imidazole rings is 1. The zero-order valence-corrected chi connectivity index (χ0v) is 26.6. The Balaban J connectivity index is 1.46. The van der Waals surface area contributed by atoms with Gasteiger partial charge in [-0.05, 0) is 54.4 Å². The summed E-state index contributed by atoms with van der Waals surface area (Å²) in [5.74, 6) is -0.762. The monoisotopic (exact) mass is 667 g/mol. The Labute approximate surface area is 269 Å². The van der Waals surface area contributed by atoms with E-state index in [2.05, 4.69) is 15.2 Å². The van der Waals surface area contributed by atoms with Gasteiger partial charge >= 0.3 is 5.91 Å². The molecule has 1 N–H and O–H groups in total. The molecular weight excluding hydrogens is 645 g/mol. The van der Waals surface area contributed by atoms with Crippen molar-refractivity contribution in [1.82, 2.24) is 19.6 Å². The Morgan fingerprint density at radius 1 is 1.05 bits per heavy atom. The number of anilines is 1. The van der Waals surface area contributed by atoms with E-state index < -0.39 is 17.7 Å². The molecule has 14 heteroatoms. The van der Waals surface area contributed by atoms with Crippen molar-refractivity contribution in [3.63, 3.8) is 0 Å². The molecule has 2 aromatic carbocycles. The van der Waals surface area contributed by atoms with Gasteiger partial charge in [-0.1, -0.05) is 64.5 Å². The van der Waals surface area contributed by atoms with Crippen molar-refractivity contribution in [3.05, 3.63) is 98.9 Å². The molecule has 0 bridgehead atoms. The number of aryl methyl sites for hydroxylation is 1. The van der Waals surface area contributed by atoms with Gasteiger partial charge in [-0.25, -0.2) is 4.98 Å². The number of aromatic nitrogens is 4. The average Bonchev–Trinajstić information content (AvgIpc) is 3.69. The van der Waals surface area contributed by atoms with Crippen molar-refractivity contribution >= 4 is 74.5 Å². The van der Waals surface area contributed by atoms with Gasteiger partial charge in [-0.3, -0.25) is 18.9 Å². The van der Waals surface area contributed by atoms with E-state index in [9.17, 15) is 14.7 Å². The second kappa shape index (κ2) is 12.1. The van der Waals surface area contributed by atoms with Crippen LogP contribution in [-0.4, -0.2) is 50.6 Å². The largest absolute Gasteiger partial charge is 0.505 e. The van der Waals surface area contributed by atoms with E-state index in [0.717, 1.165) is 16.9 Å². The second-order valence-electron chi connectivity index (χ2n) is 9.63. The molecule has 1 aliphatic heterocycles. The minimum atomic E-state index is -1.06. The minimum absolute atomic E-state index is 0.117. The third kappa shape index (κ3) is 5.28. The highest BCUT2D eigenvalue weighted by Gasteiger charge is 2.49. The number of methoxy groups -OCH3 is 2. The molecule has 1 unspecified atom stereocenters. The van der Waals surface area contributed by atoms with E-state index in [1.165, 1.54) is 30.9 Å². The number of aliphatic hydroxyl groups excluding tert-OH is 1. The maximum atomic E-state index is 13.7. The predicted molar refractivity (Wildman–Crippen MR) is 170 cm³/mol. The molecule has 0 radical (unpaired) electrons. The standard InChI is InChI=1S/C30H23Cl2N5O5S2/c1-15-24(36-11-5-4-6-22(36)33-15)26(38)23-25(16-8-10-20(41-2)21(12-16)42-3)37(28(40)27(23)39)29-34-35-30(44-29)43-14-17-7-9-18(31)13-19(17)32/h4-13,25,38H,14H2,1-3H3. The highest BCUT2D eigenvalue weighted by Crippen LogP contribution is 2.46. The van der Waals surface area contributed by atoms with Gasteiger partial charge in [-0.2, -0.15) is 0 Å². The predicted octanol–water partition coefficient (Wildman–Crippen LogP) is 6.74. The first-order chi connectivity index (χ1) is 21.2. The quantitative estimate of drug-likeness (QED) is 0.0631. The average molecular weight is 669 g/mol. The van der Waals surface area contributed by atoms with Crippen molar-refractivity contribution < 1.29 is 24.2 Å². The van der Waals surface area contributed by atoms with E-state index in [1.807, 2.05) is 12.1 Å². The maximum absolute atomic E-state index is 13.7. The summed E-state index contributed by atoms with van der Waals surface area (Å²) < 4.78 is 13.1. The van der Waals surface area contributed by atoms with Crippen LogP contribution in [-0.2, 0) is 15.3 Å². The number of aliphatic hydroxyl groups is 1. The van der Waals surface area contributed by atoms with Crippen LogP contribution in [0.15, 0.2) is 70.7 Å². The molecule has 4 heterocycles. The molecule has 10 nitrogen and oxygen atoms in total. The van der Waals surface area contributed by atoms with Crippen molar-refractivity contribution in [3.8, 4) is 11.5 Å².